The minimum absolute atomic E-state index is 0.0904. The molecule has 1 saturated carbocycles. The van der Waals surface area contributed by atoms with E-state index in [1.54, 1.807) is 12.1 Å². The van der Waals surface area contributed by atoms with Crippen LogP contribution >= 0.6 is 0 Å². The zero-order chi connectivity index (χ0) is 14.8. The normalized spacial score (nSPS) is 13.8. The Labute approximate surface area is 121 Å². The minimum atomic E-state index is -0.500. The molecule has 0 saturated heterocycles. The molecule has 1 aliphatic rings. The van der Waals surface area contributed by atoms with Crippen LogP contribution in [0.1, 0.15) is 18.4 Å². The third kappa shape index (κ3) is 3.25. The molecule has 108 valence electrons. The average molecular weight is 286 g/mol. The maximum Gasteiger partial charge on any atom is 0.329 e. The van der Waals surface area contributed by atoms with Crippen LogP contribution < -0.4 is 10.1 Å². The number of aryl methyl sites for hydroxylation is 1. The lowest BCUT2D eigenvalue weighted by Crippen LogP contribution is -2.07. The third-order valence-electron chi connectivity index (χ3n) is 3.09. The summed E-state index contributed by atoms with van der Waals surface area (Å²) in [5.74, 6) is 0.798. The van der Waals surface area contributed by atoms with E-state index in [2.05, 4.69) is 15.3 Å². The first-order chi connectivity index (χ1) is 10.1. The maximum absolute atomic E-state index is 11.0. The molecule has 0 atom stereocenters. The molecule has 0 aliphatic heterocycles. The lowest BCUT2D eigenvalue weighted by molar-refractivity contribution is -0.384. The molecular weight excluding hydrogens is 272 g/mol. The van der Waals surface area contributed by atoms with Gasteiger partial charge in [0.1, 0.15) is 11.9 Å². The van der Waals surface area contributed by atoms with E-state index < -0.39 is 4.92 Å². The molecule has 1 fully saturated rings. The fourth-order valence-electron chi connectivity index (χ4n) is 1.78. The van der Waals surface area contributed by atoms with Crippen LogP contribution in [-0.2, 0) is 0 Å². The summed E-state index contributed by atoms with van der Waals surface area (Å²) in [6, 6.07) is 7.76. The summed E-state index contributed by atoms with van der Waals surface area (Å²) in [4.78, 5) is 18.5. The number of rotatable bonds is 5. The monoisotopic (exact) mass is 286 g/mol. The van der Waals surface area contributed by atoms with Crippen LogP contribution in [-0.4, -0.2) is 20.9 Å². The van der Waals surface area contributed by atoms with E-state index in [0.29, 0.717) is 5.75 Å². The number of aromatic nitrogens is 2. The standard InChI is InChI=1S/C14H14N4O3/c1-9-2-6-11(7-3-9)21-14-15-8-12(18(19)20)13(17-14)16-10-4-5-10/h2-3,6-8,10H,4-5H2,1H3,(H,15,16,17). The molecule has 0 spiro atoms. The van der Waals surface area contributed by atoms with Crippen molar-refractivity contribution < 1.29 is 9.66 Å². The van der Waals surface area contributed by atoms with E-state index in [1.807, 2.05) is 19.1 Å². The Morgan fingerprint density at radius 1 is 1.33 bits per heavy atom. The summed E-state index contributed by atoms with van der Waals surface area (Å²) < 4.78 is 5.53. The highest BCUT2D eigenvalue weighted by atomic mass is 16.6. The Morgan fingerprint density at radius 2 is 2.05 bits per heavy atom. The molecule has 1 aromatic heterocycles. The number of nitro groups is 1. The predicted molar refractivity (Wildman–Crippen MR) is 76.6 cm³/mol. The van der Waals surface area contributed by atoms with Gasteiger partial charge < -0.3 is 10.1 Å². The quantitative estimate of drug-likeness (QED) is 0.671. The average Bonchev–Trinajstić information content (AvgIpc) is 3.25. The van der Waals surface area contributed by atoms with Crippen molar-refractivity contribution in [2.24, 2.45) is 0 Å². The second-order valence-corrected chi connectivity index (χ2v) is 4.98. The summed E-state index contributed by atoms with van der Waals surface area (Å²) in [5, 5.41) is 14.0. The van der Waals surface area contributed by atoms with Gasteiger partial charge in [0.2, 0.25) is 5.82 Å². The smallest absolute Gasteiger partial charge is 0.329 e. The summed E-state index contributed by atoms with van der Waals surface area (Å²) in [7, 11) is 0. The number of hydrogen-bond acceptors (Lipinski definition) is 6. The van der Waals surface area contributed by atoms with Crippen molar-refractivity contribution in [3.05, 3.63) is 46.1 Å². The van der Waals surface area contributed by atoms with E-state index >= 15 is 0 Å². The third-order valence-corrected chi connectivity index (χ3v) is 3.09. The van der Waals surface area contributed by atoms with Gasteiger partial charge in [-0.05, 0) is 31.9 Å². The van der Waals surface area contributed by atoms with Crippen molar-refractivity contribution in [2.45, 2.75) is 25.8 Å². The second kappa shape index (κ2) is 5.35. The van der Waals surface area contributed by atoms with Crippen LogP contribution in [0.2, 0.25) is 0 Å². The first kappa shape index (κ1) is 13.3. The summed E-state index contributed by atoms with van der Waals surface area (Å²) in [6.07, 6.45) is 3.16. The van der Waals surface area contributed by atoms with Gasteiger partial charge in [-0.15, -0.1) is 0 Å². The first-order valence-corrected chi connectivity index (χ1v) is 6.64. The van der Waals surface area contributed by atoms with Crippen LogP contribution in [0.4, 0.5) is 11.5 Å². The van der Waals surface area contributed by atoms with E-state index in [-0.39, 0.29) is 23.6 Å². The van der Waals surface area contributed by atoms with Gasteiger partial charge in [-0.2, -0.15) is 9.97 Å². The highest BCUT2D eigenvalue weighted by Crippen LogP contribution is 2.30. The summed E-state index contributed by atoms with van der Waals surface area (Å²) in [5.41, 5.74) is 0.973. The lowest BCUT2D eigenvalue weighted by atomic mass is 10.2. The fourth-order valence-corrected chi connectivity index (χ4v) is 1.78. The van der Waals surface area contributed by atoms with Crippen LogP contribution in [0.5, 0.6) is 11.8 Å². The first-order valence-electron chi connectivity index (χ1n) is 6.64. The maximum atomic E-state index is 11.0. The number of benzene rings is 1. The van der Waals surface area contributed by atoms with E-state index in [0.717, 1.165) is 18.4 Å². The molecule has 2 aromatic rings. The number of nitrogens with zero attached hydrogens (tertiary/aromatic N) is 3. The Morgan fingerprint density at radius 3 is 2.67 bits per heavy atom. The molecule has 7 heteroatoms. The van der Waals surface area contributed by atoms with Gasteiger partial charge in [0.25, 0.3) is 0 Å². The van der Waals surface area contributed by atoms with E-state index in [4.69, 9.17) is 4.74 Å². The zero-order valence-corrected chi connectivity index (χ0v) is 11.4. The van der Waals surface area contributed by atoms with Gasteiger partial charge in [0.15, 0.2) is 0 Å². The molecule has 0 bridgehead atoms. The van der Waals surface area contributed by atoms with E-state index in [9.17, 15) is 10.1 Å². The Bertz CT molecular complexity index is 668. The Balaban J connectivity index is 1.84. The van der Waals surface area contributed by atoms with Gasteiger partial charge in [-0.25, -0.2) is 0 Å². The summed E-state index contributed by atoms with van der Waals surface area (Å²) in [6.45, 7) is 1.98. The van der Waals surface area contributed by atoms with Crippen LogP contribution in [0, 0.1) is 17.0 Å². The molecule has 0 radical (unpaired) electrons. The molecule has 7 nitrogen and oxygen atoms in total. The molecule has 1 heterocycles. The summed E-state index contributed by atoms with van der Waals surface area (Å²) >= 11 is 0. The van der Waals surface area contributed by atoms with Crippen molar-refractivity contribution in [1.82, 2.24) is 9.97 Å². The van der Waals surface area contributed by atoms with Crippen LogP contribution in [0.3, 0.4) is 0 Å². The Hall–Kier alpha value is -2.70. The number of anilines is 1. The largest absolute Gasteiger partial charge is 0.424 e. The second-order valence-electron chi connectivity index (χ2n) is 4.98. The molecule has 1 aliphatic carbocycles. The van der Waals surface area contributed by atoms with Crippen molar-refractivity contribution in [1.29, 1.82) is 0 Å². The van der Waals surface area contributed by atoms with Gasteiger partial charge in [0, 0.05) is 6.04 Å². The fraction of sp³-hybridized carbons (Fsp3) is 0.286. The predicted octanol–water partition coefficient (Wildman–Crippen LogP) is 3.06. The molecule has 3 rings (SSSR count). The molecule has 21 heavy (non-hydrogen) atoms. The SMILES string of the molecule is Cc1ccc(Oc2ncc([N+](=O)[O-])c(NC3CC3)n2)cc1. The lowest BCUT2D eigenvalue weighted by Gasteiger charge is -2.07. The van der Waals surface area contributed by atoms with Crippen molar-refractivity contribution in [2.75, 3.05) is 5.32 Å². The molecular formula is C14H14N4O3. The van der Waals surface area contributed by atoms with Gasteiger partial charge in [-0.1, -0.05) is 17.7 Å². The van der Waals surface area contributed by atoms with Gasteiger partial charge in [0.05, 0.1) is 4.92 Å². The van der Waals surface area contributed by atoms with Crippen molar-refractivity contribution >= 4 is 11.5 Å². The number of nitrogens with one attached hydrogen (secondary N) is 1. The number of hydrogen-bond donors (Lipinski definition) is 1. The highest BCUT2D eigenvalue weighted by Gasteiger charge is 2.26. The van der Waals surface area contributed by atoms with E-state index in [1.165, 1.54) is 6.20 Å². The molecule has 1 aromatic carbocycles. The van der Waals surface area contributed by atoms with Crippen LogP contribution in [0.25, 0.3) is 0 Å². The number of ether oxygens (including phenoxy) is 1. The van der Waals surface area contributed by atoms with Crippen molar-refractivity contribution in [3.8, 4) is 11.8 Å². The van der Waals surface area contributed by atoms with Crippen LogP contribution in [0.15, 0.2) is 30.5 Å². The van der Waals surface area contributed by atoms with Gasteiger partial charge >= 0.3 is 11.7 Å². The minimum Gasteiger partial charge on any atom is -0.424 e. The molecule has 0 unspecified atom stereocenters. The van der Waals surface area contributed by atoms with Crippen molar-refractivity contribution in [3.63, 3.8) is 0 Å². The Kier molecular flexibility index (Phi) is 3.39. The zero-order valence-electron chi connectivity index (χ0n) is 11.4. The van der Waals surface area contributed by atoms with Gasteiger partial charge in [-0.3, -0.25) is 10.1 Å². The molecule has 1 N–H and O–H groups in total. The highest BCUT2D eigenvalue weighted by molar-refractivity contribution is 5.56. The molecule has 0 amide bonds. The topological polar surface area (TPSA) is 90.2 Å².